The summed E-state index contributed by atoms with van der Waals surface area (Å²) in [6.07, 6.45) is 2.78. The average Bonchev–Trinajstić information content (AvgIpc) is 2.41. The topological polar surface area (TPSA) is 12.0 Å². The fourth-order valence-electron chi connectivity index (χ4n) is 1.78. The maximum atomic E-state index is 13.4. The number of alkyl halides is 1. The fraction of sp³-hybridized carbons (Fsp3) is 1.00. The van der Waals surface area contributed by atoms with Gasteiger partial charge in [0.2, 0.25) is 0 Å². The molecule has 2 fully saturated rings. The number of nitrogens with one attached hydrogen (secondary N) is 1. The molecule has 1 saturated heterocycles. The minimum absolute atomic E-state index is 0.0764. The van der Waals surface area contributed by atoms with Gasteiger partial charge in [-0.25, -0.2) is 4.39 Å². The van der Waals surface area contributed by atoms with Crippen molar-refractivity contribution in [2.75, 3.05) is 6.54 Å². The van der Waals surface area contributed by atoms with Gasteiger partial charge >= 0.3 is 0 Å². The van der Waals surface area contributed by atoms with Crippen molar-refractivity contribution < 1.29 is 4.39 Å². The zero-order valence-electron chi connectivity index (χ0n) is 5.71. The summed E-state index contributed by atoms with van der Waals surface area (Å²) in [6, 6.07) is 0. The third-order valence-corrected chi connectivity index (χ3v) is 2.81. The van der Waals surface area contributed by atoms with Gasteiger partial charge in [0, 0.05) is 0 Å². The highest BCUT2D eigenvalue weighted by atomic mass is 19.1. The maximum absolute atomic E-state index is 13.4. The molecule has 1 aliphatic carbocycles. The molecule has 0 aromatic heterocycles. The summed E-state index contributed by atoms with van der Waals surface area (Å²) in [5, 5.41) is 3.22. The van der Waals surface area contributed by atoms with Gasteiger partial charge in [0.25, 0.3) is 0 Å². The summed E-state index contributed by atoms with van der Waals surface area (Å²) in [5.41, 5.74) is -0.986. The van der Waals surface area contributed by atoms with Crippen LogP contribution < -0.4 is 5.32 Å². The zero-order valence-corrected chi connectivity index (χ0v) is 5.71. The van der Waals surface area contributed by atoms with E-state index in [1.807, 2.05) is 0 Å². The number of hydrogen-bond acceptors (Lipinski definition) is 1. The van der Waals surface area contributed by atoms with Crippen molar-refractivity contribution >= 4 is 0 Å². The Kier molecular flexibility index (Phi) is 0.825. The molecule has 0 aromatic rings. The van der Waals surface area contributed by atoms with E-state index >= 15 is 0 Å². The van der Waals surface area contributed by atoms with E-state index < -0.39 is 5.67 Å². The van der Waals surface area contributed by atoms with Crippen molar-refractivity contribution in [3.8, 4) is 0 Å². The molecule has 1 heterocycles. The summed E-state index contributed by atoms with van der Waals surface area (Å²) < 4.78 is 13.4. The Bertz CT molecular complexity index is 134. The molecule has 1 N–H and O–H groups in total. The Morgan fingerprint density at radius 3 is 2.22 bits per heavy atom. The summed E-state index contributed by atoms with van der Waals surface area (Å²) in [7, 11) is 0. The van der Waals surface area contributed by atoms with Crippen molar-refractivity contribution in [2.45, 2.75) is 37.4 Å². The highest BCUT2D eigenvalue weighted by Crippen LogP contribution is 2.51. The molecule has 0 radical (unpaired) electrons. The second kappa shape index (κ2) is 1.31. The zero-order chi connectivity index (χ0) is 6.54. The summed E-state index contributed by atoms with van der Waals surface area (Å²) in [4.78, 5) is 0. The molecular weight excluding hydrogens is 117 g/mol. The molecule has 2 heteroatoms. The monoisotopic (exact) mass is 129 g/mol. The maximum Gasteiger partial charge on any atom is 0.127 e. The molecule has 1 atom stereocenters. The normalized spacial score (nSPS) is 46.0. The molecule has 2 aliphatic rings. The Labute approximate surface area is 54.6 Å². The first-order chi connectivity index (χ1) is 4.16. The number of hydrogen-bond donors (Lipinski definition) is 1. The summed E-state index contributed by atoms with van der Waals surface area (Å²) in [6.45, 7) is 2.59. The van der Waals surface area contributed by atoms with E-state index in [0.29, 0.717) is 6.42 Å². The lowest BCUT2D eigenvalue weighted by molar-refractivity contribution is 0.155. The third kappa shape index (κ3) is 0.571. The van der Waals surface area contributed by atoms with Gasteiger partial charge in [-0.15, -0.1) is 0 Å². The summed E-state index contributed by atoms with van der Waals surface area (Å²) >= 11 is 0. The van der Waals surface area contributed by atoms with E-state index in [-0.39, 0.29) is 5.54 Å². The Hall–Kier alpha value is -0.110. The lowest BCUT2D eigenvalue weighted by Gasteiger charge is -2.20. The van der Waals surface area contributed by atoms with Crippen LogP contribution in [0.2, 0.25) is 0 Å². The molecule has 52 valence electrons. The molecule has 0 amide bonds. The fourth-order valence-corrected chi connectivity index (χ4v) is 1.78. The summed E-state index contributed by atoms with van der Waals surface area (Å²) in [5.74, 6) is 0. The molecule has 9 heavy (non-hydrogen) atoms. The van der Waals surface area contributed by atoms with Crippen LogP contribution in [0.5, 0.6) is 0 Å². The van der Waals surface area contributed by atoms with Crippen LogP contribution in [0.25, 0.3) is 0 Å². The molecule has 1 spiro atoms. The minimum atomic E-state index is -0.910. The molecule has 1 nitrogen and oxygen atoms in total. The molecular formula is C7H12FN. The minimum Gasteiger partial charge on any atom is -0.308 e. The van der Waals surface area contributed by atoms with Gasteiger partial charge in [-0.3, -0.25) is 0 Å². The van der Waals surface area contributed by atoms with Crippen molar-refractivity contribution in [1.29, 1.82) is 0 Å². The molecule has 1 aliphatic heterocycles. The highest BCUT2D eigenvalue weighted by molar-refractivity contribution is 5.18. The smallest absolute Gasteiger partial charge is 0.127 e. The Morgan fingerprint density at radius 1 is 1.33 bits per heavy atom. The largest absolute Gasteiger partial charge is 0.308 e. The number of halogens is 1. The molecule has 2 rings (SSSR count). The molecule has 0 bridgehead atoms. The predicted molar refractivity (Wildman–Crippen MR) is 34.1 cm³/mol. The lowest BCUT2D eigenvalue weighted by atomic mass is 9.98. The van der Waals surface area contributed by atoms with Gasteiger partial charge < -0.3 is 5.32 Å². The van der Waals surface area contributed by atoms with E-state index in [1.165, 1.54) is 0 Å². The van der Waals surface area contributed by atoms with Crippen molar-refractivity contribution in [1.82, 2.24) is 5.32 Å². The van der Waals surface area contributed by atoms with Gasteiger partial charge in [0.05, 0.1) is 5.54 Å². The van der Waals surface area contributed by atoms with Crippen LogP contribution in [0, 0.1) is 0 Å². The van der Waals surface area contributed by atoms with Gasteiger partial charge in [0.15, 0.2) is 0 Å². The first kappa shape index (κ1) is 5.66. The average molecular weight is 129 g/mol. The molecule has 1 saturated carbocycles. The SMILES string of the molecule is CC1(F)CCNC12CC2. The quantitative estimate of drug-likeness (QED) is 0.519. The van der Waals surface area contributed by atoms with E-state index in [0.717, 1.165) is 19.4 Å². The van der Waals surface area contributed by atoms with E-state index in [1.54, 1.807) is 6.92 Å². The number of rotatable bonds is 0. The van der Waals surface area contributed by atoms with E-state index in [4.69, 9.17) is 0 Å². The second-order valence-electron chi connectivity index (χ2n) is 3.46. The van der Waals surface area contributed by atoms with Crippen LogP contribution >= 0.6 is 0 Å². The predicted octanol–water partition coefficient (Wildman–Crippen LogP) is 1.24. The van der Waals surface area contributed by atoms with Crippen molar-refractivity contribution in [2.24, 2.45) is 0 Å². The second-order valence-corrected chi connectivity index (χ2v) is 3.46. The third-order valence-electron chi connectivity index (χ3n) is 2.81. The molecule has 1 unspecified atom stereocenters. The van der Waals surface area contributed by atoms with Crippen molar-refractivity contribution in [3.05, 3.63) is 0 Å². The van der Waals surface area contributed by atoms with Crippen LogP contribution in [-0.4, -0.2) is 17.8 Å². The van der Waals surface area contributed by atoms with Crippen LogP contribution in [-0.2, 0) is 0 Å². The Morgan fingerprint density at radius 2 is 2.00 bits per heavy atom. The van der Waals surface area contributed by atoms with Crippen LogP contribution in [0.3, 0.4) is 0 Å². The van der Waals surface area contributed by atoms with E-state index in [2.05, 4.69) is 5.32 Å². The first-order valence-corrected chi connectivity index (χ1v) is 3.60. The molecule has 0 aromatic carbocycles. The van der Waals surface area contributed by atoms with Crippen molar-refractivity contribution in [3.63, 3.8) is 0 Å². The van der Waals surface area contributed by atoms with Gasteiger partial charge in [-0.1, -0.05) is 0 Å². The van der Waals surface area contributed by atoms with Crippen LogP contribution in [0.1, 0.15) is 26.2 Å². The van der Waals surface area contributed by atoms with E-state index in [9.17, 15) is 4.39 Å². The Balaban J connectivity index is 2.23. The van der Waals surface area contributed by atoms with Gasteiger partial charge in [0.1, 0.15) is 5.67 Å². The lowest BCUT2D eigenvalue weighted by Crippen LogP contribution is -2.38. The van der Waals surface area contributed by atoms with Crippen LogP contribution in [0.15, 0.2) is 0 Å². The van der Waals surface area contributed by atoms with Gasteiger partial charge in [-0.05, 0) is 32.7 Å². The van der Waals surface area contributed by atoms with Gasteiger partial charge in [-0.2, -0.15) is 0 Å². The first-order valence-electron chi connectivity index (χ1n) is 3.60. The highest BCUT2D eigenvalue weighted by Gasteiger charge is 2.60. The standard InChI is InChI=1S/C7H12FN/c1-6(8)4-5-9-7(6)2-3-7/h9H,2-5H2,1H3. The van der Waals surface area contributed by atoms with Crippen LogP contribution in [0.4, 0.5) is 4.39 Å².